The summed E-state index contributed by atoms with van der Waals surface area (Å²) in [6, 6.07) is 6.27. The van der Waals surface area contributed by atoms with Crippen LogP contribution in [0, 0.1) is 5.92 Å². The van der Waals surface area contributed by atoms with E-state index in [1.807, 2.05) is 58.9 Å². The molecule has 1 aromatic carbocycles. The highest BCUT2D eigenvalue weighted by molar-refractivity contribution is 5.93. The van der Waals surface area contributed by atoms with Crippen LogP contribution in [0.4, 0.5) is 4.79 Å². The summed E-state index contributed by atoms with van der Waals surface area (Å²) in [6.45, 7) is 17.1. The summed E-state index contributed by atoms with van der Waals surface area (Å²) < 4.78 is 5.45. The topological polar surface area (TPSA) is 87.7 Å². The molecule has 0 saturated heterocycles. The average Bonchev–Trinajstić information content (AvgIpc) is 3.57. The van der Waals surface area contributed by atoms with Gasteiger partial charge in [-0.05, 0) is 77.8 Å². The number of ether oxygens (including phenoxy) is 1. The van der Waals surface area contributed by atoms with E-state index in [0.717, 1.165) is 30.4 Å². The van der Waals surface area contributed by atoms with E-state index in [9.17, 15) is 14.4 Å². The van der Waals surface area contributed by atoms with Crippen LogP contribution in [-0.4, -0.2) is 46.0 Å². The number of amides is 3. The van der Waals surface area contributed by atoms with Gasteiger partial charge in [0, 0.05) is 11.6 Å². The van der Waals surface area contributed by atoms with Crippen LogP contribution < -0.4 is 10.6 Å². The van der Waals surface area contributed by atoms with E-state index in [-0.39, 0.29) is 23.8 Å². The number of benzene rings is 1. The summed E-state index contributed by atoms with van der Waals surface area (Å²) in [5.74, 6) is -0.603. The maximum absolute atomic E-state index is 14.1. The van der Waals surface area contributed by atoms with Gasteiger partial charge in [0.05, 0.1) is 0 Å². The summed E-state index contributed by atoms with van der Waals surface area (Å²) >= 11 is 0. The molecule has 3 atom stereocenters. The normalized spacial score (nSPS) is 16.6. The van der Waals surface area contributed by atoms with Gasteiger partial charge < -0.3 is 20.3 Å². The first-order valence-electron chi connectivity index (χ1n) is 12.9. The molecule has 0 spiro atoms. The lowest BCUT2D eigenvalue weighted by molar-refractivity contribution is -0.144. The number of rotatable bonds is 9. The van der Waals surface area contributed by atoms with Crippen LogP contribution in [-0.2, 0) is 20.7 Å². The highest BCUT2D eigenvalue weighted by Gasteiger charge is 2.45. The summed E-state index contributed by atoms with van der Waals surface area (Å²) in [4.78, 5) is 42.1. The van der Waals surface area contributed by atoms with E-state index in [2.05, 4.69) is 17.6 Å². The second-order valence-corrected chi connectivity index (χ2v) is 11.7. The quantitative estimate of drug-likeness (QED) is 0.505. The number of aryl methyl sites for hydroxylation is 1. The van der Waals surface area contributed by atoms with Crippen LogP contribution in [0.2, 0.25) is 0 Å². The number of carbonyl (C=O) groups excluding carboxylic acids is 3. The maximum atomic E-state index is 14.1. The molecule has 196 valence electrons. The number of nitrogens with zero attached hydrogens (tertiary/aromatic N) is 1. The van der Waals surface area contributed by atoms with Crippen molar-refractivity contribution in [2.45, 2.75) is 117 Å². The highest BCUT2D eigenvalue weighted by Crippen LogP contribution is 2.36. The minimum atomic E-state index is -0.796. The van der Waals surface area contributed by atoms with Crippen LogP contribution in [0.1, 0.15) is 98.7 Å². The Bertz CT molecular complexity index is 879. The summed E-state index contributed by atoms with van der Waals surface area (Å²) in [5, 5.41) is 5.89. The fourth-order valence-electron chi connectivity index (χ4n) is 3.96. The number of carbonyl (C=O) groups is 3. The Balaban J connectivity index is 2.48. The van der Waals surface area contributed by atoms with Crippen molar-refractivity contribution in [1.82, 2.24) is 15.5 Å². The lowest BCUT2D eigenvalue weighted by Crippen LogP contribution is -2.57. The van der Waals surface area contributed by atoms with Crippen LogP contribution in [0.3, 0.4) is 0 Å². The van der Waals surface area contributed by atoms with Crippen molar-refractivity contribution in [2.24, 2.45) is 5.92 Å². The third-order valence-electron chi connectivity index (χ3n) is 6.07. The molecule has 35 heavy (non-hydrogen) atoms. The molecule has 7 nitrogen and oxygen atoms in total. The van der Waals surface area contributed by atoms with Gasteiger partial charge >= 0.3 is 6.09 Å². The predicted octanol–water partition coefficient (Wildman–Crippen LogP) is 5.14. The standard InChI is InChI=1S/C28H45N3O4/c1-10-18(3)22(29-26(34)35-28(7,8)9)25(33)31(21-16-17-21)23(24(32)30-27(4,5)6)20-14-12-19(11-2)13-15-20/h12-15,18,21-23H,10-11,16-17H2,1-9H3,(H,29,34)(H,30,32). The van der Waals surface area contributed by atoms with Crippen molar-refractivity contribution in [2.75, 3.05) is 0 Å². The molecule has 7 heteroatoms. The third-order valence-corrected chi connectivity index (χ3v) is 6.07. The fourth-order valence-corrected chi connectivity index (χ4v) is 3.96. The zero-order valence-electron chi connectivity index (χ0n) is 23.0. The van der Waals surface area contributed by atoms with Crippen LogP contribution in [0.5, 0.6) is 0 Å². The minimum absolute atomic E-state index is 0.0453. The Morgan fingerprint density at radius 3 is 2.03 bits per heavy atom. The first-order chi connectivity index (χ1) is 16.2. The molecular weight excluding hydrogens is 442 g/mol. The SMILES string of the molecule is CCc1ccc(C(C(=O)NC(C)(C)C)N(C(=O)C(NC(=O)OC(C)(C)C)C(C)CC)C2CC2)cc1. The number of hydrogen-bond acceptors (Lipinski definition) is 4. The first kappa shape index (κ1) is 28.7. The van der Waals surface area contributed by atoms with Gasteiger partial charge in [-0.1, -0.05) is 51.5 Å². The molecule has 0 heterocycles. The summed E-state index contributed by atoms with van der Waals surface area (Å²) in [6.07, 6.45) is 2.61. The van der Waals surface area contributed by atoms with Gasteiger partial charge in [0.25, 0.3) is 0 Å². The van der Waals surface area contributed by atoms with Crippen molar-refractivity contribution in [3.05, 3.63) is 35.4 Å². The molecule has 0 radical (unpaired) electrons. The molecule has 2 N–H and O–H groups in total. The van der Waals surface area contributed by atoms with Crippen LogP contribution >= 0.6 is 0 Å². The van der Waals surface area contributed by atoms with Gasteiger partial charge in [-0.2, -0.15) is 0 Å². The zero-order valence-corrected chi connectivity index (χ0v) is 23.0. The van der Waals surface area contributed by atoms with Crippen molar-refractivity contribution in [3.63, 3.8) is 0 Å². The third kappa shape index (κ3) is 8.55. The molecule has 1 fully saturated rings. The van der Waals surface area contributed by atoms with Gasteiger partial charge in [-0.25, -0.2) is 4.79 Å². The Hall–Kier alpha value is -2.57. The Morgan fingerprint density at radius 1 is 1.03 bits per heavy atom. The number of nitrogens with one attached hydrogen (secondary N) is 2. The Kier molecular flexibility index (Phi) is 9.37. The van der Waals surface area contributed by atoms with E-state index in [1.165, 1.54) is 0 Å². The summed E-state index contributed by atoms with van der Waals surface area (Å²) in [7, 11) is 0. The molecule has 3 amide bonds. The van der Waals surface area contributed by atoms with E-state index >= 15 is 0 Å². The van der Waals surface area contributed by atoms with Gasteiger partial charge in [0.2, 0.25) is 11.8 Å². The molecule has 3 unspecified atom stereocenters. The fraction of sp³-hybridized carbons (Fsp3) is 0.679. The smallest absolute Gasteiger partial charge is 0.408 e. The molecule has 1 aromatic rings. The molecular formula is C28H45N3O4. The van der Waals surface area contributed by atoms with Crippen LogP contribution in [0.15, 0.2) is 24.3 Å². The molecule has 1 aliphatic rings. The Morgan fingerprint density at radius 2 is 1.60 bits per heavy atom. The molecule has 2 rings (SSSR count). The lowest BCUT2D eigenvalue weighted by atomic mass is 9.94. The monoisotopic (exact) mass is 487 g/mol. The van der Waals surface area contributed by atoms with Crippen molar-refractivity contribution < 1.29 is 19.1 Å². The number of alkyl carbamates (subject to hydrolysis) is 1. The van der Waals surface area contributed by atoms with Gasteiger partial charge in [0.15, 0.2) is 0 Å². The first-order valence-corrected chi connectivity index (χ1v) is 12.9. The van der Waals surface area contributed by atoms with E-state index in [0.29, 0.717) is 6.42 Å². The van der Waals surface area contributed by atoms with E-state index in [1.54, 1.807) is 25.7 Å². The zero-order chi connectivity index (χ0) is 26.6. The van der Waals surface area contributed by atoms with Crippen molar-refractivity contribution >= 4 is 17.9 Å². The van der Waals surface area contributed by atoms with E-state index in [4.69, 9.17) is 4.74 Å². The molecule has 0 aromatic heterocycles. The van der Waals surface area contributed by atoms with E-state index < -0.39 is 29.3 Å². The minimum Gasteiger partial charge on any atom is -0.444 e. The Labute approximate surface area is 211 Å². The van der Waals surface area contributed by atoms with Gasteiger partial charge in [0.1, 0.15) is 17.7 Å². The molecule has 1 aliphatic carbocycles. The second kappa shape index (κ2) is 11.4. The van der Waals surface area contributed by atoms with Gasteiger partial charge in [-0.3, -0.25) is 9.59 Å². The van der Waals surface area contributed by atoms with Crippen molar-refractivity contribution in [3.8, 4) is 0 Å². The average molecular weight is 488 g/mol. The molecule has 0 aliphatic heterocycles. The second-order valence-electron chi connectivity index (χ2n) is 11.7. The largest absolute Gasteiger partial charge is 0.444 e. The van der Waals surface area contributed by atoms with Crippen molar-refractivity contribution in [1.29, 1.82) is 0 Å². The predicted molar refractivity (Wildman–Crippen MR) is 139 cm³/mol. The summed E-state index contributed by atoms with van der Waals surface area (Å²) in [5.41, 5.74) is 0.794. The number of hydrogen-bond donors (Lipinski definition) is 2. The lowest BCUT2D eigenvalue weighted by Gasteiger charge is -2.37. The maximum Gasteiger partial charge on any atom is 0.408 e. The molecule has 1 saturated carbocycles. The molecule has 0 bridgehead atoms. The van der Waals surface area contributed by atoms with Crippen LogP contribution in [0.25, 0.3) is 0 Å². The highest BCUT2D eigenvalue weighted by atomic mass is 16.6. The van der Waals surface area contributed by atoms with Gasteiger partial charge in [-0.15, -0.1) is 0 Å².